The molecule has 0 saturated carbocycles. The number of rotatable bonds is 7. The molecule has 0 aromatic carbocycles. The third-order valence-corrected chi connectivity index (χ3v) is 3.22. The Morgan fingerprint density at radius 1 is 1.37 bits per heavy atom. The van der Waals surface area contributed by atoms with E-state index in [-0.39, 0.29) is 0 Å². The van der Waals surface area contributed by atoms with Crippen molar-refractivity contribution in [3.8, 4) is 0 Å². The van der Waals surface area contributed by atoms with Gasteiger partial charge in [0.2, 0.25) is 0 Å². The smallest absolute Gasteiger partial charge is 0.358 e. The van der Waals surface area contributed by atoms with E-state index >= 15 is 0 Å². The molecule has 1 heterocycles. The predicted octanol–water partition coefficient (Wildman–Crippen LogP) is 1.06. The summed E-state index contributed by atoms with van der Waals surface area (Å²) < 4.78 is 6.75. The number of aryl methyl sites for hydroxylation is 2. The van der Waals surface area contributed by atoms with E-state index in [1.165, 1.54) is 4.68 Å². The lowest BCUT2D eigenvalue weighted by molar-refractivity contribution is 0.0455. The van der Waals surface area contributed by atoms with Gasteiger partial charge in [0.25, 0.3) is 0 Å². The zero-order chi connectivity index (χ0) is 14.4. The Balaban J connectivity index is 2.61. The highest BCUT2D eigenvalue weighted by Gasteiger charge is 2.20. The van der Waals surface area contributed by atoms with E-state index in [9.17, 15) is 4.79 Å². The zero-order valence-electron chi connectivity index (χ0n) is 12.3. The van der Waals surface area contributed by atoms with Gasteiger partial charge in [-0.3, -0.25) is 4.68 Å². The second-order valence-electron chi connectivity index (χ2n) is 4.35. The summed E-state index contributed by atoms with van der Waals surface area (Å²) in [6.45, 7) is 9.11. The van der Waals surface area contributed by atoms with Crippen molar-refractivity contribution in [2.75, 3.05) is 32.0 Å². The maximum absolute atomic E-state index is 12.0. The molecule has 0 bridgehead atoms. The molecule has 1 aromatic rings. The van der Waals surface area contributed by atoms with Gasteiger partial charge in [-0.1, -0.05) is 20.8 Å². The topological polar surface area (TPSA) is 73.4 Å². The minimum Gasteiger partial charge on any atom is -0.460 e. The van der Waals surface area contributed by atoms with Gasteiger partial charge in [-0.25, -0.2) is 4.79 Å². The van der Waals surface area contributed by atoms with Crippen LogP contribution in [-0.2, 0) is 18.2 Å². The van der Waals surface area contributed by atoms with Crippen molar-refractivity contribution < 1.29 is 9.53 Å². The molecule has 108 valence electrons. The van der Waals surface area contributed by atoms with Crippen LogP contribution in [0.2, 0.25) is 0 Å². The van der Waals surface area contributed by atoms with E-state index in [0.717, 1.165) is 25.3 Å². The van der Waals surface area contributed by atoms with Crippen molar-refractivity contribution in [1.82, 2.24) is 14.7 Å². The van der Waals surface area contributed by atoms with Gasteiger partial charge in [-0.15, -0.1) is 0 Å². The Kier molecular flexibility index (Phi) is 5.82. The summed E-state index contributed by atoms with van der Waals surface area (Å²) in [6, 6.07) is 0. The number of hydrogen-bond donors (Lipinski definition) is 1. The Bertz CT molecular complexity index is 425. The lowest BCUT2D eigenvalue weighted by Gasteiger charge is -2.17. The molecule has 1 aromatic heterocycles. The lowest BCUT2D eigenvalue weighted by Crippen LogP contribution is -2.28. The van der Waals surface area contributed by atoms with Crippen LogP contribution in [0, 0.1) is 0 Å². The molecule has 0 radical (unpaired) electrons. The number of nitrogen functional groups attached to an aromatic ring is 1. The molecule has 0 spiro atoms. The van der Waals surface area contributed by atoms with Crippen molar-refractivity contribution in [3.63, 3.8) is 0 Å². The second-order valence-corrected chi connectivity index (χ2v) is 4.35. The Hall–Kier alpha value is -1.56. The maximum atomic E-state index is 12.0. The van der Waals surface area contributed by atoms with Gasteiger partial charge in [-0.2, -0.15) is 5.10 Å². The Morgan fingerprint density at radius 2 is 2.00 bits per heavy atom. The molecule has 6 nitrogen and oxygen atoms in total. The molecule has 0 amide bonds. The molecule has 0 aliphatic carbocycles. The third-order valence-electron chi connectivity index (χ3n) is 3.22. The van der Waals surface area contributed by atoms with Gasteiger partial charge in [0.05, 0.1) is 11.4 Å². The monoisotopic (exact) mass is 268 g/mol. The summed E-state index contributed by atoms with van der Waals surface area (Å²) >= 11 is 0. The second kappa shape index (κ2) is 7.13. The van der Waals surface area contributed by atoms with E-state index in [1.807, 2.05) is 6.92 Å². The van der Waals surface area contributed by atoms with Crippen LogP contribution in [0.25, 0.3) is 0 Å². The number of esters is 1. The lowest BCUT2D eigenvalue weighted by atomic mass is 10.2. The summed E-state index contributed by atoms with van der Waals surface area (Å²) in [7, 11) is 1.70. The standard InChI is InChI=1S/C13H24N4O2/c1-5-10-11(14)12(16(4)15-10)13(18)19-9-8-17(6-2)7-3/h5-9,14H2,1-4H3. The van der Waals surface area contributed by atoms with Crippen LogP contribution in [0.1, 0.15) is 37.0 Å². The first kappa shape index (κ1) is 15.5. The first-order valence-electron chi connectivity index (χ1n) is 6.75. The summed E-state index contributed by atoms with van der Waals surface area (Å²) in [5.74, 6) is -0.403. The minimum absolute atomic E-state index is 0.344. The highest BCUT2D eigenvalue weighted by molar-refractivity contribution is 5.93. The number of carbonyl (C=O) groups excluding carboxylic acids is 1. The van der Waals surface area contributed by atoms with Gasteiger partial charge in [0, 0.05) is 13.6 Å². The first-order chi connectivity index (χ1) is 9.04. The van der Waals surface area contributed by atoms with Crippen LogP contribution in [0.5, 0.6) is 0 Å². The van der Waals surface area contributed by atoms with Crippen LogP contribution >= 0.6 is 0 Å². The molecular formula is C13H24N4O2. The molecule has 0 unspecified atom stereocenters. The van der Waals surface area contributed by atoms with Gasteiger partial charge in [-0.05, 0) is 19.5 Å². The molecule has 0 fully saturated rings. The fourth-order valence-electron chi connectivity index (χ4n) is 1.97. The third kappa shape index (κ3) is 3.70. The summed E-state index contributed by atoms with van der Waals surface area (Å²) in [6.07, 6.45) is 0.701. The van der Waals surface area contributed by atoms with E-state index < -0.39 is 5.97 Å². The fourth-order valence-corrected chi connectivity index (χ4v) is 1.97. The SMILES string of the molecule is CCc1nn(C)c(C(=O)OCCN(CC)CC)c1N. The quantitative estimate of drug-likeness (QED) is 0.749. The van der Waals surface area contributed by atoms with Crippen molar-refractivity contribution in [1.29, 1.82) is 0 Å². The number of nitrogens with zero attached hydrogens (tertiary/aromatic N) is 3. The largest absolute Gasteiger partial charge is 0.460 e. The van der Waals surface area contributed by atoms with E-state index in [2.05, 4.69) is 23.8 Å². The first-order valence-corrected chi connectivity index (χ1v) is 6.75. The number of hydrogen-bond acceptors (Lipinski definition) is 5. The molecule has 1 rings (SSSR count). The van der Waals surface area contributed by atoms with Crippen molar-refractivity contribution in [2.45, 2.75) is 27.2 Å². The van der Waals surface area contributed by atoms with Crippen molar-refractivity contribution in [3.05, 3.63) is 11.4 Å². The fraction of sp³-hybridized carbons (Fsp3) is 0.692. The Labute approximate surface area is 114 Å². The van der Waals surface area contributed by atoms with Crippen LogP contribution in [-0.4, -0.2) is 46.9 Å². The Morgan fingerprint density at radius 3 is 2.47 bits per heavy atom. The van der Waals surface area contributed by atoms with Gasteiger partial charge < -0.3 is 15.4 Å². The van der Waals surface area contributed by atoms with Crippen molar-refractivity contribution in [2.24, 2.45) is 7.05 Å². The van der Waals surface area contributed by atoms with Crippen LogP contribution in [0.15, 0.2) is 0 Å². The van der Waals surface area contributed by atoms with Gasteiger partial charge in [0.15, 0.2) is 5.69 Å². The molecule has 0 saturated heterocycles. The zero-order valence-corrected chi connectivity index (χ0v) is 12.3. The molecular weight excluding hydrogens is 244 g/mol. The van der Waals surface area contributed by atoms with E-state index in [0.29, 0.717) is 24.4 Å². The normalized spacial score (nSPS) is 11.0. The molecule has 0 aliphatic heterocycles. The maximum Gasteiger partial charge on any atom is 0.358 e. The highest BCUT2D eigenvalue weighted by Crippen LogP contribution is 2.17. The van der Waals surface area contributed by atoms with Crippen LogP contribution in [0.3, 0.4) is 0 Å². The number of ether oxygens (including phenoxy) is 1. The van der Waals surface area contributed by atoms with Crippen LogP contribution in [0.4, 0.5) is 5.69 Å². The average molecular weight is 268 g/mol. The minimum atomic E-state index is -0.403. The number of aromatic nitrogens is 2. The summed E-state index contributed by atoms with van der Waals surface area (Å²) in [5.41, 5.74) is 7.41. The van der Waals surface area contributed by atoms with Gasteiger partial charge in [0.1, 0.15) is 6.61 Å². The molecule has 19 heavy (non-hydrogen) atoms. The molecule has 6 heteroatoms. The average Bonchev–Trinajstić information content (AvgIpc) is 2.69. The number of anilines is 1. The highest BCUT2D eigenvalue weighted by atomic mass is 16.5. The van der Waals surface area contributed by atoms with E-state index in [1.54, 1.807) is 7.05 Å². The molecule has 0 atom stereocenters. The van der Waals surface area contributed by atoms with Crippen molar-refractivity contribution >= 4 is 11.7 Å². The summed E-state index contributed by atoms with van der Waals surface area (Å²) in [5, 5.41) is 4.21. The number of nitrogens with two attached hydrogens (primary N) is 1. The van der Waals surface area contributed by atoms with Gasteiger partial charge >= 0.3 is 5.97 Å². The predicted molar refractivity (Wildman–Crippen MR) is 75.1 cm³/mol. The molecule has 0 aliphatic rings. The number of likely N-dealkylation sites (N-methyl/N-ethyl adjacent to an activating group) is 1. The van der Waals surface area contributed by atoms with Crippen LogP contribution < -0.4 is 5.73 Å². The summed E-state index contributed by atoms with van der Waals surface area (Å²) in [4.78, 5) is 14.2. The van der Waals surface area contributed by atoms with E-state index in [4.69, 9.17) is 10.5 Å². The molecule has 2 N–H and O–H groups in total. The number of carbonyl (C=O) groups is 1.